The Balaban J connectivity index is 3.07. The van der Waals surface area contributed by atoms with Crippen molar-refractivity contribution in [2.45, 2.75) is 46.8 Å². The Morgan fingerprint density at radius 2 is 2.10 bits per heavy atom. The standard InChI is InChI=1S/C15H26O5/c1-5-19-14-10(7-6-8-16)11(15(2,3)4)9-12(20-14)13(17)18/h9-11,14,16H,5-8H2,1-4H3,(H,17,18)/t10-,11-,14+/m1/s1. The summed E-state index contributed by atoms with van der Waals surface area (Å²) in [6.07, 6.45) is 2.53. The van der Waals surface area contributed by atoms with Crippen LogP contribution in [0.25, 0.3) is 0 Å². The number of hydrogen-bond acceptors (Lipinski definition) is 4. The molecule has 0 aromatic rings. The van der Waals surface area contributed by atoms with Gasteiger partial charge in [-0.15, -0.1) is 0 Å². The topological polar surface area (TPSA) is 76.0 Å². The molecule has 0 unspecified atom stereocenters. The average Bonchev–Trinajstić information content (AvgIpc) is 2.35. The highest BCUT2D eigenvalue weighted by molar-refractivity contribution is 5.84. The van der Waals surface area contributed by atoms with E-state index in [0.29, 0.717) is 13.0 Å². The fraction of sp³-hybridized carbons (Fsp3) is 0.800. The second-order valence-corrected chi connectivity index (χ2v) is 6.20. The number of rotatable bonds is 6. The molecule has 116 valence electrons. The largest absolute Gasteiger partial charge is 0.475 e. The number of aliphatic hydroxyl groups is 1. The van der Waals surface area contributed by atoms with Crippen LogP contribution in [0.15, 0.2) is 11.8 Å². The number of carbonyl (C=O) groups is 1. The minimum Gasteiger partial charge on any atom is -0.475 e. The van der Waals surface area contributed by atoms with Crippen LogP contribution >= 0.6 is 0 Å². The van der Waals surface area contributed by atoms with E-state index in [-0.39, 0.29) is 29.6 Å². The van der Waals surface area contributed by atoms with Crippen LogP contribution < -0.4 is 0 Å². The molecule has 0 radical (unpaired) electrons. The monoisotopic (exact) mass is 286 g/mol. The van der Waals surface area contributed by atoms with Crippen molar-refractivity contribution >= 4 is 5.97 Å². The summed E-state index contributed by atoms with van der Waals surface area (Å²) >= 11 is 0. The van der Waals surface area contributed by atoms with Gasteiger partial charge >= 0.3 is 5.97 Å². The Kier molecular flexibility index (Phi) is 6.02. The molecule has 5 heteroatoms. The van der Waals surface area contributed by atoms with E-state index in [1.165, 1.54) is 0 Å². The zero-order valence-corrected chi connectivity index (χ0v) is 12.8. The third-order valence-electron chi connectivity index (χ3n) is 3.62. The summed E-state index contributed by atoms with van der Waals surface area (Å²) in [5.41, 5.74) is -0.0973. The first-order chi connectivity index (χ1) is 9.31. The summed E-state index contributed by atoms with van der Waals surface area (Å²) in [6, 6.07) is 0. The Morgan fingerprint density at radius 3 is 2.55 bits per heavy atom. The van der Waals surface area contributed by atoms with Crippen LogP contribution in [0.3, 0.4) is 0 Å². The van der Waals surface area contributed by atoms with Gasteiger partial charge in [0.2, 0.25) is 12.0 Å². The van der Waals surface area contributed by atoms with Crippen molar-refractivity contribution < 1.29 is 24.5 Å². The van der Waals surface area contributed by atoms with Gasteiger partial charge in [0.05, 0.1) is 0 Å². The lowest BCUT2D eigenvalue weighted by atomic mass is 9.70. The van der Waals surface area contributed by atoms with Crippen LogP contribution in [0.5, 0.6) is 0 Å². The van der Waals surface area contributed by atoms with Gasteiger partial charge < -0.3 is 19.7 Å². The predicted octanol–water partition coefficient (Wildman–Crippen LogP) is 2.40. The highest BCUT2D eigenvalue weighted by Gasteiger charge is 2.42. The minimum absolute atomic E-state index is 0.0328. The fourth-order valence-electron chi connectivity index (χ4n) is 2.69. The summed E-state index contributed by atoms with van der Waals surface area (Å²) < 4.78 is 11.1. The summed E-state index contributed by atoms with van der Waals surface area (Å²) in [5, 5.41) is 18.2. The van der Waals surface area contributed by atoms with Crippen LogP contribution in [0.4, 0.5) is 0 Å². The first-order valence-electron chi connectivity index (χ1n) is 7.15. The molecular formula is C15H26O5. The van der Waals surface area contributed by atoms with Crippen molar-refractivity contribution in [1.82, 2.24) is 0 Å². The molecule has 2 N–H and O–H groups in total. The highest BCUT2D eigenvalue weighted by atomic mass is 16.7. The number of carboxylic acids is 1. The highest BCUT2D eigenvalue weighted by Crippen LogP contribution is 2.42. The molecule has 1 heterocycles. The SMILES string of the molecule is CCO[C@H]1OC(C(=O)O)=C[C@@H](C(C)(C)C)[C@H]1CCCO. The summed E-state index contributed by atoms with van der Waals surface area (Å²) in [5.74, 6) is -1.02. The lowest BCUT2D eigenvalue weighted by molar-refractivity contribution is -0.184. The zero-order chi connectivity index (χ0) is 15.3. The van der Waals surface area contributed by atoms with Crippen LogP contribution in [-0.2, 0) is 14.3 Å². The van der Waals surface area contributed by atoms with Gasteiger partial charge in [0, 0.05) is 19.1 Å². The van der Waals surface area contributed by atoms with Gasteiger partial charge in [-0.25, -0.2) is 4.79 Å². The molecule has 3 atom stereocenters. The van der Waals surface area contributed by atoms with E-state index in [0.717, 1.165) is 6.42 Å². The number of hydrogen-bond donors (Lipinski definition) is 2. The molecule has 0 fully saturated rings. The maximum absolute atomic E-state index is 11.2. The minimum atomic E-state index is -1.07. The van der Waals surface area contributed by atoms with Crippen molar-refractivity contribution in [3.8, 4) is 0 Å². The number of aliphatic carboxylic acids is 1. The van der Waals surface area contributed by atoms with Gasteiger partial charge in [-0.1, -0.05) is 20.8 Å². The Morgan fingerprint density at radius 1 is 1.45 bits per heavy atom. The Bertz CT molecular complexity index is 356. The molecule has 0 aromatic carbocycles. The molecule has 0 bridgehead atoms. The van der Waals surface area contributed by atoms with E-state index in [1.807, 2.05) is 6.92 Å². The van der Waals surface area contributed by atoms with Crippen molar-refractivity contribution in [3.05, 3.63) is 11.8 Å². The van der Waals surface area contributed by atoms with Crippen molar-refractivity contribution in [3.63, 3.8) is 0 Å². The molecule has 0 saturated carbocycles. The third-order valence-corrected chi connectivity index (χ3v) is 3.62. The van der Waals surface area contributed by atoms with Crippen LogP contribution in [0, 0.1) is 17.3 Å². The molecule has 0 spiro atoms. The first-order valence-corrected chi connectivity index (χ1v) is 7.15. The maximum atomic E-state index is 11.2. The van der Waals surface area contributed by atoms with E-state index < -0.39 is 12.3 Å². The van der Waals surface area contributed by atoms with Gasteiger partial charge in [-0.05, 0) is 37.2 Å². The molecule has 1 rings (SSSR count). The van der Waals surface area contributed by atoms with E-state index in [2.05, 4.69) is 20.8 Å². The van der Waals surface area contributed by atoms with Gasteiger partial charge in [0.25, 0.3) is 0 Å². The number of ether oxygens (including phenoxy) is 2. The quantitative estimate of drug-likeness (QED) is 0.784. The summed E-state index contributed by atoms with van der Waals surface area (Å²) in [7, 11) is 0. The Hall–Kier alpha value is -1.07. The molecule has 5 nitrogen and oxygen atoms in total. The number of carboxylic acid groups (broad SMARTS) is 1. The van der Waals surface area contributed by atoms with E-state index in [4.69, 9.17) is 14.6 Å². The van der Waals surface area contributed by atoms with Crippen molar-refractivity contribution in [2.24, 2.45) is 17.3 Å². The molecule has 0 saturated heterocycles. The van der Waals surface area contributed by atoms with Crippen LogP contribution in [0.2, 0.25) is 0 Å². The van der Waals surface area contributed by atoms with Gasteiger partial charge in [0.15, 0.2) is 0 Å². The summed E-state index contributed by atoms with van der Waals surface area (Å²) in [6.45, 7) is 8.67. The van der Waals surface area contributed by atoms with E-state index in [9.17, 15) is 9.90 Å². The normalized spacial score (nSPS) is 26.9. The maximum Gasteiger partial charge on any atom is 0.370 e. The number of aliphatic hydroxyl groups excluding tert-OH is 1. The van der Waals surface area contributed by atoms with Gasteiger partial charge in [-0.2, -0.15) is 0 Å². The lowest BCUT2D eigenvalue weighted by Gasteiger charge is -2.42. The Labute approximate surface area is 120 Å². The molecule has 0 aromatic heterocycles. The second kappa shape index (κ2) is 7.09. The van der Waals surface area contributed by atoms with Crippen LogP contribution in [0.1, 0.15) is 40.5 Å². The van der Waals surface area contributed by atoms with Crippen molar-refractivity contribution in [1.29, 1.82) is 0 Å². The average molecular weight is 286 g/mol. The summed E-state index contributed by atoms with van der Waals surface area (Å²) in [4.78, 5) is 11.2. The van der Waals surface area contributed by atoms with Gasteiger partial charge in [-0.3, -0.25) is 0 Å². The second-order valence-electron chi connectivity index (χ2n) is 6.20. The zero-order valence-electron chi connectivity index (χ0n) is 12.8. The predicted molar refractivity (Wildman–Crippen MR) is 75.0 cm³/mol. The van der Waals surface area contributed by atoms with Crippen molar-refractivity contribution in [2.75, 3.05) is 13.2 Å². The smallest absolute Gasteiger partial charge is 0.370 e. The molecule has 0 aliphatic carbocycles. The van der Waals surface area contributed by atoms with E-state index >= 15 is 0 Å². The van der Waals surface area contributed by atoms with Crippen LogP contribution in [-0.4, -0.2) is 35.7 Å². The number of allylic oxidation sites excluding steroid dienone is 1. The lowest BCUT2D eigenvalue weighted by Crippen LogP contribution is -2.42. The third kappa shape index (κ3) is 4.21. The van der Waals surface area contributed by atoms with Gasteiger partial charge in [0.1, 0.15) is 0 Å². The van der Waals surface area contributed by atoms with E-state index in [1.54, 1.807) is 6.08 Å². The molecule has 20 heavy (non-hydrogen) atoms. The molecular weight excluding hydrogens is 260 g/mol. The first kappa shape index (κ1) is 17.0. The molecule has 0 amide bonds. The molecule has 1 aliphatic rings. The fourth-order valence-corrected chi connectivity index (χ4v) is 2.69. The molecule has 1 aliphatic heterocycles.